The number of amides is 1. The molecule has 0 fully saturated rings. The first-order chi connectivity index (χ1) is 7.93. The van der Waals surface area contributed by atoms with Crippen LogP contribution < -0.4 is 11.1 Å². The lowest BCUT2D eigenvalue weighted by atomic mass is 9.94. The topological polar surface area (TPSA) is 96.9 Å². The summed E-state index contributed by atoms with van der Waals surface area (Å²) in [5.41, 5.74) is 5.49. The third-order valence-electron chi connectivity index (χ3n) is 2.40. The Bertz CT molecular complexity index is 267. The van der Waals surface area contributed by atoms with Gasteiger partial charge < -0.3 is 21.0 Å². The monoisotopic (exact) mass is 245 g/mol. The van der Waals surface area contributed by atoms with Crippen LogP contribution in [0.25, 0.3) is 0 Å². The van der Waals surface area contributed by atoms with Gasteiger partial charge in [-0.2, -0.15) is 0 Å². The van der Waals surface area contributed by atoms with Gasteiger partial charge in [-0.05, 0) is 19.8 Å². The Balaban J connectivity index is 4.35. The van der Waals surface area contributed by atoms with Crippen LogP contribution in [-0.4, -0.2) is 36.2 Å². The fourth-order valence-corrected chi connectivity index (χ4v) is 1.54. The molecule has 0 aromatic rings. The molecule has 1 amide bonds. The minimum atomic E-state index is -0.617. The van der Waals surface area contributed by atoms with E-state index >= 15 is 0 Å². The second kappa shape index (κ2) is 7.89. The van der Waals surface area contributed by atoms with Gasteiger partial charge in [0.15, 0.2) is 5.84 Å². The zero-order valence-corrected chi connectivity index (χ0v) is 10.9. The molecule has 0 bridgehead atoms. The number of nitrogens with zero attached hydrogens (tertiary/aromatic N) is 1. The van der Waals surface area contributed by atoms with Crippen LogP contribution in [0.5, 0.6) is 0 Å². The minimum absolute atomic E-state index is 0.0340. The maximum atomic E-state index is 11.9. The standard InChI is InChI=1S/C11H23N3O3/c1-5-17-8(4)6-13-11(15)9(7(2)3)10(12)14-16/h7-9,16H,5-6H2,1-4H3,(H2,12,14)(H,13,15). The molecular formula is C11H23N3O3. The average molecular weight is 245 g/mol. The second-order valence-electron chi connectivity index (χ2n) is 4.26. The van der Waals surface area contributed by atoms with Gasteiger partial charge in [0.25, 0.3) is 0 Å². The molecule has 6 heteroatoms. The maximum absolute atomic E-state index is 11.9. The average Bonchev–Trinajstić information content (AvgIpc) is 2.26. The summed E-state index contributed by atoms with van der Waals surface area (Å²) < 4.78 is 5.29. The fourth-order valence-electron chi connectivity index (χ4n) is 1.54. The van der Waals surface area contributed by atoms with Crippen LogP contribution >= 0.6 is 0 Å². The van der Waals surface area contributed by atoms with Crippen LogP contribution in [0.4, 0.5) is 0 Å². The molecule has 0 aliphatic rings. The lowest BCUT2D eigenvalue weighted by Crippen LogP contribution is -2.44. The summed E-state index contributed by atoms with van der Waals surface area (Å²) in [5.74, 6) is -0.967. The zero-order chi connectivity index (χ0) is 13.4. The number of oxime groups is 1. The van der Waals surface area contributed by atoms with Gasteiger partial charge in [0.2, 0.25) is 5.91 Å². The summed E-state index contributed by atoms with van der Waals surface area (Å²) in [4.78, 5) is 11.9. The van der Waals surface area contributed by atoms with Crippen molar-refractivity contribution >= 4 is 11.7 Å². The highest BCUT2D eigenvalue weighted by atomic mass is 16.5. The van der Waals surface area contributed by atoms with Crippen LogP contribution in [0.1, 0.15) is 27.7 Å². The smallest absolute Gasteiger partial charge is 0.231 e. The summed E-state index contributed by atoms with van der Waals surface area (Å²) in [6.07, 6.45) is -0.0518. The van der Waals surface area contributed by atoms with Crippen molar-refractivity contribution in [3.63, 3.8) is 0 Å². The lowest BCUT2D eigenvalue weighted by molar-refractivity contribution is -0.124. The number of amidine groups is 1. The van der Waals surface area contributed by atoms with Crippen molar-refractivity contribution in [2.24, 2.45) is 22.7 Å². The van der Waals surface area contributed by atoms with Crippen molar-refractivity contribution in [2.45, 2.75) is 33.8 Å². The van der Waals surface area contributed by atoms with E-state index in [-0.39, 0.29) is 23.8 Å². The summed E-state index contributed by atoms with van der Waals surface area (Å²) in [5, 5.41) is 14.2. The number of carbonyl (C=O) groups excluding carboxylic acids is 1. The van der Waals surface area contributed by atoms with E-state index in [0.29, 0.717) is 13.2 Å². The van der Waals surface area contributed by atoms with Gasteiger partial charge in [0.1, 0.15) is 5.92 Å². The first-order valence-electron chi connectivity index (χ1n) is 5.80. The second-order valence-corrected chi connectivity index (χ2v) is 4.26. The molecule has 2 unspecified atom stereocenters. The molecule has 0 rings (SSSR count). The third kappa shape index (κ3) is 5.53. The van der Waals surface area contributed by atoms with Crippen molar-refractivity contribution in [3.05, 3.63) is 0 Å². The Morgan fingerprint density at radius 2 is 2.06 bits per heavy atom. The molecule has 0 saturated carbocycles. The number of rotatable bonds is 7. The first-order valence-corrected chi connectivity index (χ1v) is 5.80. The number of hydrogen-bond donors (Lipinski definition) is 3. The maximum Gasteiger partial charge on any atom is 0.231 e. The van der Waals surface area contributed by atoms with E-state index in [9.17, 15) is 4.79 Å². The molecule has 0 spiro atoms. The number of carbonyl (C=O) groups is 1. The van der Waals surface area contributed by atoms with Crippen molar-refractivity contribution in [3.8, 4) is 0 Å². The predicted molar refractivity (Wildman–Crippen MR) is 65.8 cm³/mol. The van der Waals surface area contributed by atoms with Crippen LogP contribution in [0.2, 0.25) is 0 Å². The van der Waals surface area contributed by atoms with E-state index in [4.69, 9.17) is 15.7 Å². The predicted octanol–water partition coefficient (Wildman–Crippen LogP) is 0.546. The van der Waals surface area contributed by atoms with Crippen LogP contribution in [0.15, 0.2) is 5.16 Å². The Kier molecular flexibility index (Phi) is 7.29. The van der Waals surface area contributed by atoms with Crippen LogP contribution in [0, 0.1) is 11.8 Å². The summed E-state index contributed by atoms with van der Waals surface area (Å²) in [7, 11) is 0. The fraction of sp³-hybridized carbons (Fsp3) is 0.818. The Morgan fingerprint density at radius 1 is 1.47 bits per heavy atom. The first kappa shape index (κ1) is 15.7. The molecule has 0 aromatic heterocycles. The van der Waals surface area contributed by atoms with E-state index in [1.54, 1.807) is 0 Å². The largest absolute Gasteiger partial charge is 0.409 e. The van der Waals surface area contributed by atoms with Crippen LogP contribution in [0.3, 0.4) is 0 Å². The normalized spacial score (nSPS) is 15.7. The Labute approximate surface area is 102 Å². The highest BCUT2D eigenvalue weighted by Gasteiger charge is 2.26. The highest BCUT2D eigenvalue weighted by molar-refractivity contribution is 6.02. The third-order valence-corrected chi connectivity index (χ3v) is 2.40. The van der Waals surface area contributed by atoms with Gasteiger partial charge >= 0.3 is 0 Å². The molecule has 100 valence electrons. The van der Waals surface area contributed by atoms with Gasteiger partial charge in [0, 0.05) is 13.2 Å². The summed E-state index contributed by atoms with van der Waals surface area (Å²) in [6, 6.07) is 0. The van der Waals surface area contributed by atoms with Gasteiger partial charge in [-0.25, -0.2) is 0 Å². The molecule has 6 nitrogen and oxygen atoms in total. The highest BCUT2D eigenvalue weighted by Crippen LogP contribution is 2.11. The number of ether oxygens (including phenoxy) is 1. The summed E-state index contributed by atoms with van der Waals surface area (Å²) in [6.45, 7) is 8.46. The molecule has 0 saturated heterocycles. The molecule has 0 aromatic carbocycles. The van der Waals surface area contributed by atoms with Crippen molar-refractivity contribution in [1.82, 2.24) is 5.32 Å². The molecule has 0 aliphatic heterocycles. The number of nitrogens with two attached hydrogens (primary N) is 1. The Hall–Kier alpha value is -1.30. The van der Waals surface area contributed by atoms with E-state index in [2.05, 4.69) is 10.5 Å². The van der Waals surface area contributed by atoms with Gasteiger partial charge in [-0.15, -0.1) is 0 Å². The number of hydrogen-bond acceptors (Lipinski definition) is 4. The van der Waals surface area contributed by atoms with Gasteiger partial charge in [-0.1, -0.05) is 19.0 Å². The molecule has 0 heterocycles. The molecule has 4 N–H and O–H groups in total. The molecule has 17 heavy (non-hydrogen) atoms. The number of nitrogens with one attached hydrogen (secondary N) is 1. The molecule has 0 radical (unpaired) electrons. The van der Waals surface area contributed by atoms with E-state index in [1.165, 1.54) is 0 Å². The van der Waals surface area contributed by atoms with Gasteiger partial charge in [0.05, 0.1) is 6.10 Å². The van der Waals surface area contributed by atoms with Crippen molar-refractivity contribution in [2.75, 3.05) is 13.2 Å². The van der Waals surface area contributed by atoms with Crippen molar-refractivity contribution < 1.29 is 14.7 Å². The molecule has 2 atom stereocenters. The van der Waals surface area contributed by atoms with E-state index in [0.717, 1.165) is 0 Å². The quantitative estimate of drug-likeness (QED) is 0.264. The Morgan fingerprint density at radius 3 is 2.47 bits per heavy atom. The minimum Gasteiger partial charge on any atom is -0.409 e. The van der Waals surface area contributed by atoms with E-state index < -0.39 is 5.92 Å². The molecular weight excluding hydrogens is 222 g/mol. The zero-order valence-electron chi connectivity index (χ0n) is 10.9. The van der Waals surface area contributed by atoms with Gasteiger partial charge in [-0.3, -0.25) is 4.79 Å². The summed E-state index contributed by atoms with van der Waals surface area (Å²) >= 11 is 0. The van der Waals surface area contributed by atoms with E-state index in [1.807, 2.05) is 27.7 Å². The SMILES string of the molecule is CCOC(C)CNC(=O)C(C(N)=NO)C(C)C. The molecule has 0 aliphatic carbocycles. The van der Waals surface area contributed by atoms with Crippen molar-refractivity contribution in [1.29, 1.82) is 0 Å². The lowest BCUT2D eigenvalue weighted by Gasteiger charge is -2.20. The van der Waals surface area contributed by atoms with Crippen LogP contribution in [-0.2, 0) is 9.53 Å².